The Hall–Kier alpha value is -2.32. The van der Waals surface area contributed by atoms with E-state index in [9.17, 15) is 14.0 Å². The van der Waals surface area contributed by atoms with Crippen molar-refractivity contribution < 1.29 is 18.7 Å². The van der Waals surface area contributed by atoms with Crippen LogP contribution in [0.3, 0.4) is 0 Å². The molecule has 2 aromatic rings. The number of anilines is 1. The molecule has 2 unspecified atom stereocenters. The number of rotatable bonds is 3. The summed E-state index contributed by atoms with van der Waals surface area (Å²) in [5, 5.41) is 4.86. The van der Waals surface area contributed by atoms with Crippen LogP contribution in [-0.2, 0) is 14.3 Å². The van der Waals surface area contributed by atoms with Gasteiger partial charge in [-0.15, -0.1) is 11.3 Å². The van der Waals surface area contributed by atoms with E-state index in [0.717, 1.165) is 0 Å². The molecule has 0 radical (unpaired) electrons. The van der Waals surface area contributed by atoms with E-state index in [0.29, 0.717) is 10.7 Å². The molecule has 0 aliphatic carbocycles. The smallest absolute Gasteiger partial charge is 0.257 e. The quantitative estimate of drug-likeness (QED) is 0.929. The molecule has 120 valence electrons. The maximum absolute atomic E-state index is 13.1. The third kappa shape index (κ3) is 3.22. The van der Waals surface area contributed by atoms with Gasteiger partial charge in [0, 0.05) is 18.6 Å². The van der Waals surface area contributed by atoms with Gasteiger partial charge in [-0.25, -0.2) is 9.37 Å². The maximum Gasteiger partial charge on any atom is 0.257 e. The van der Waals surface area contributed by atoms with E-state index < -0.39 is 18.1 Å². The minimum atomic E-state index is -0.896. The number of halogens is 1. The van der Waals surface area contributed by atoms with Crippen LogP contribution in [0.5, 0.6) is 0 Å². The van der Waals surface area contributed by atoms with Crippen LogP contribution in [0.15, 0.2) is 35.8 Å². The Bertz CT molecular complexity index is 705. The first kappa shape index (κ1) is 15.6. The lowest BCUT2D eigenvalue weighted by Gasteiger charge is -2.38. The van der Waals surface area contributed by atoms with Crippen LogP contribution < -0.4 is 5.32 Å². The van der Waals surface area contributed by atoms with Gasteiger partial charge < -0.3 is 9.64 Å². The monoisotopic (exact) mass is 335 g/mol. The highest BCUT2D eigenvalue weighted by atomic mass is 32.1. The lowest BCUT2D eigenvalue weighted by atomic mass is 9.97. The molecule has 0 spiro atoms. The summed E-state index contributed by atoms with van der Waals surface area (Å²) >= 11 is 1.29. The van der Waals surface area contributed by atoms with Crippen LogP contribution in [0.4, 0.5) is 9.52 Å². The molecule has 23 heavy (non-hydrogen) atoms. The fourth-order valence-electron chi connectivity index (χ4n) is 2.45. The van der Waals surface area contributed by atoms with Crippen molar-refractivity contribution in [2.24, 2.45) is 0 Å². The van der Waals surface area contributed by atoms with Gasteiger partial charge in [-0.1, -0.05) is 12.1 Å². The van der Waals surface area contributed by atoms with Crippen molar-refractivity contribution in [3.05, 3.63) is 47.2 Å². The third-order valence-corrected chi connectivity index (χ3v) is 4.30. The van der Waals surface area contributed by atoms with Crippen molar-refractivity contribution in [3.63, 3.8) is 0 Å². The van der Waals surface area contributed by atoms with Gasteiger partial charge in [0.2, 0.25) is 5.91 Å². The van der Waals surface area contributed by atoms with E-state index in [1.54, 1.807) is 30.8 Å². The number of morpholine rings is 1. The summed E-state index contributed by atoms with van der Waals surface area (Å²) in [7, 11) is 1.60. The highest BCUT2D eigenvalue weighted by Crippen LogP contribution is 2.30. The first-order valence-electron chi connectivity index (χ1n) is 6.89. The van der Waals surface area contributed by atoms with Crippen LogP contribution in [0, 0.1) is 5.82 Å². The molecule has 0 bridgehead atoms. The molecule has 3 rings (SSSR count). The predicted molar refractivity (Wildman–Crippen MR) is 82.4 cm³/mol. The van der Waals surface area contributed by atoms with E-state index in [-0.39, 0.29) is 18.3 Å². The van der Waals surface area contributed by atoms with Crippen molar-refractivity contribution in [2.75, 3.05) is 19.0 Å². The molecule has 2 amide bonds. The zero-order chi connectivity index (χ0) is 16.4. The molecule has 6 nitrogen and oxygen atoms in total. The Morgan fingerprint density at radius 1 is 1.43 bits per heavy atom. The molecule has 1 aliphatic rings. The van der Waals surface area contributed by atoms with E-state index >= 15 is 0 Å². The number of carbonyl (C=O) groups excluding carboxylic acids is 2. The topological polar surface area (TPSA) is 71.5 Å². The van der Waals surface area contributed by atoms with Crippen LogP contribution in [0.1, 0.15) is 11.6 Å². The molecular formula is C15H14FN3O3S. The van der Waals surface area contributed by atoms with Crippen LogP contribution >= 0.6 is 11.3 Å². The van der Waals surface area contributed by atoms with Crippen molar-refractivity contribution >= 4 is 28.3 Å². The normalized spacial score (nSPS) is 21.3. The molecule has 2 heterocycles. The summed E-state index contributed by atoms with van der Waals surface area (Å²) in [4.78, 5) is 29.8. The Morgan fingerprint density at radius 3 is 2.83 bits per heavy atom. The lowest BCUT2D eigenvalue weighted by Crippen LogP contribution is -2.51. The first-order chi connectivity index (χ1) is 11.1. The number of likely N-dealkylation sites (N-methyl/N-ethyl adjacent to an activating group) is 1. The molecule has 1 aromatic heterocycles. The summed E-state index contributed by atoms with van der Waals surface area (Å²) in [6.45, 7) is -0.176. The van der Waals surface area contributed by atoms with Gasteiger partial charge in [-0.3, -0.25) is 14.9 Å². The number of nitrogens with zero attached hydrogens (tertiary/aromatic N) is 2. The van der Waals surface area contributed by atoms with E-state index in [4.69, 9.17) is 4.74 Å². The van der Waals surface area contributed by atoms with Crippen molar-refractivity contribution in [1.82, 2.24) is 9.88 Å². The van der Waals surface area contributed by atoms with Gasteiger partial charge in [0.25, 0.3) is 5.91 Å². The molecule has 1 saturated heterocycles. The molecule has 1 aromatic carbocycles. The fourth-order valence-corrected chi connectivity index (χ4v) is 2.98. The molecule has 8 heteroatoms. The third-order valence-electron chi connectivity index (χ3n) is 3.62. The number of nitrogens with one attached hydrogen (secondary N) is 1. The van der Waals surface area contributed by atoms with E-state index in [2.05, 4.69) is 10.3 Å². The zero-order valence-corrected chi connectivity index (χ0v) is 13.0. The standard InChI is InChI=1S/C15H14FN3O3S/c1-19-11(20)8-22-13(14(21)18-15-17-6-7-23-15)12(19)9-2-4-10(16)5-3-9/h2-7,12-13H,8H2,1H3,(H,17,18,21). The van der Waals surface area contributed by atoms with Crippen molar-refractivity contribution in [2.45, 2.75) is 12.1 Å². The minimum absolute atomic E-state index is 0.176. The number of hydrogen-bond donors (Lipinski definition) is 1. The van der Waals surface area contributed by atoms with Crippen LogP contribution in [-0.4, -0.2) is 41.5 Å². The van der Waals surface area contributed by atoms with Crippen LogP contribution in [0.2, 0.25) is 0 Å². The van der Waals surface area contributed by atoms with E-state index in [1.165, 1.54) is 28.4 Å². The minimum Gasteiger partial charge on any atom is -0.356 e. The lowest BCUT2D eigenvalue weighted by molar-refractivity contribution is -0.160. The average molecular weight is 335 g/mol. The molecule has 0 saturated carbocycles. The van der Waals surface area contributed by atoms with E-state index in [1.807, 2.05) is 0 Å². The molecular weight excluding hydrogens is 321 g/mol. The maximum atomic E-state index is 13.1. The fraction of sp³-hybridized carbons (Fsp3) is 0.267. The zero-order valence-electron chi connectivity index (χ0n) is 12.2. The Balaban J connectivity index is 1.88. The first-order valence-corrected chi connectivity index (χ1v) is 7.77. The van der Waals surface area contributed by atoms with Gasteiger partial charge in [-0.05, 0) is 17.7 Å². The second-order valence-electron chi connectivity index (χ2n) is 5.06. The number of thiazole rings is 1. The predicted octanol–water partition coefficient (Wildman–Crippen LogP) is 1.82. The van der Waals surface area contributed by atoms with Crippen LogP contribution in [0.25, 0.3) is 0 Å². The van der Waals surface area contributed by atoms with Crippen molar-refractivity contribution in [3.8, 4) is 0 Å². The number of hydrogen-bond acceptors (Lipinski definition) is 5. The van der Waals surface area contributed by atoms with Gasteiger partial charge in [0.05, 0.1) is 6.04 Å². The molecule has 2 atom stereocenters. The molecule has 1 aliphatic heterocycles. The number of ether oxygens (including phenoxy) is 1. The second-order valence-corrected chi connectivity index (χ2v) is 5.95. The van der Waals surface area contributed by atoms with Crippen molar-refractivity contribution in [1.29, 1.82) is 0 Å². The Morgan fingerprint density at radius 2 is 2.17 bits per heavy atom. The van der Waals surface area contributed by atoms with Gasteiger partial charge in [0.1, 0.15) is 12.4 Å². The highest BCUT2D eigenvalue weighted by molar-refractivity contribution is 7.13. The average Bonchev–Trinajstić information content (AvgIpc) is 3.04. The number of aromatic nitrogens is 1. The number of amides is 2. The highest BCUT2D eigenvalue weighted by Gasteiger charge is 2.40. The summed E-state index contributed by atoms with van der Waals surface area (Å²) in [5.74, 6) is -1.02. The summed E-state index contributed by atoms with van der Waals surface area (Å²) < 4.78 is 18.6. The SMILES string of the molecule is CN1C(=O)COC(C(=O)Nc2nccs2)C1c1ccc(F)cc1. The number of benzene rings is 1. The van der Waals surface area contributed by atoms with Gasteiger partial charge in [0.15, 0.2) is 11.2 Å². The summed E-state index contributed by atoms with van der Waals surface area (Å²) in [6.07, 6.45) is 0.682. The van der Waals surface area contributed by atoms with Gasteiger partial charge in [-0.2, -0.15) is 0 Å². The Labute approximate surface area is 135 Å². The van der Waals surface area contributed by atoms with Gasteiger partial charge >= 0.3 is 0 Å². The largest absolute Gasteiger partial charge is 0.356 e. The number of carbonyl (C=O) groups is 2. The summed E-state index contributed by atoms with van der Waals surface area (Å²) in [6, 6.07) is 5.04. The Kier molecular flexibility index (Phi) is 4.35. The molecule has 1 fully saturated rings. The summed E-state index contributed by atoms with van der Waals surface area (Å²) in [5.41, 5.74) is 0.626. The second kappa shape index (κ2) is 6.43. The molecule has 1 N–H and O–H groups in total.